The molecule has 2 amide bonds. The molecule has 0 fully saturated rings. The van der Waals surface area contributed by atoms with Crippen LogP contribution in [0.15, 0.2) is 34.1 Å². The first kappa shape index (κ1) is 17.6. The molecule has 3 rings (SSSR count). The Kier molecular flexibility index (Phi) is 4.87. The number of fused-ring (bicyclic) bond motifs is 1. The van der Waals surface area contributed by atoms with Gasteiger partial charge in [0.15, 0.2) is 0 Å². The monoisotopic (exact) mass is 423 g/mol. The number of likely N-dealkylation sites (N-methyl/N-ethyl adjacent to an activating group) is 1. The van der Waals surface area contributed by atoms with E-state index < -0.39 is 4.92 Å². The van der Waals surface area contributed by atoms with E-state index in [0.717, 1.165) is 9.35 Å². The highest BCUT2D eigenvalue weighted by Crippen LogP contribution is 2.32. The van der Waals surface area contributed by atoms with Gasteiger partial charge in [-0.3, -0.25) is 19.7 Å². The van der Waals surface area contributed by atoms with Crippen molar-refractivity contribution in [2.45, 2.75) is 6.42 Å². The maximum atomic E-state index is 12.6. The molecule has 0 saturated carbocycles. The zero-order valence-electron chi connectivity index (χ0n) is 13.3. The lowest BCUT2D eigenvalue weighted by atomic mass is 10.1. The van der Waals surface area contributed by atoms with Crippen LogP contribution in [-0.4, -0.2) is 41.8 Å². The lowest BCUT2D eigenvalue weighted by molar-refractivity contribution is -0.384. The Bertz CT molecular complexity index is 867. The summed E-state index contributed by atoms with van der Waals surface area (Å²) in [6.45, 7) is 0.373. The van der Waals surface area contributed by atoms with Gasteiger partial charge in [0.1, 0.15) is 6.54 Å². The molecule has 0 atom stereocenters. The van der Waals surface area contributed by atoms with E-state index in [4.69, 9.17) is 0 Å². The van der Waals surface area contributed by atoms with Gasteiger partial charge in [-0.15, -0.1) is 11.3 Å². The van der Waals surface area contributed by atoms with Crippen molar-refractivity contribution in [3.63, 3.8) is 0 Å². The Balaban J connectivity index is 1.74. The Morgan fingerprint density at radius 2 is 2.12 bits per heavy atom. The molecule has 25 heavy (non-hydrogen) atoms. The first-order chi connectivity index (χ1) is 11.9. The van der Waals surface area contributed by atoms with Gasteiger partial charge < -0.3 is 9.80 Å². The minimum Gasteiger partial charge on any atom is -0.332 e. The molecular weight excluding hydrogens is 410 g/mol. The predicted molar refractivity (Wildman–Crippen MR) is 98.1 cm³/mol. The van der Waals surface area contributed by atoms with E-state index in [1.807, 2.05) is 0 Å². The molecule has 0 saturated heterocycles. The van der Waals surface area contributed by atoms with Gasteiger partial charge >= 0.3 is 0 Å². The lowest BCUT2D eigenvalue weighted by Gasteiger charge is -2.22. The summed E-state index contributed by atoms with van der Waals surface area (Å²) in [5.74, 6) is -0.492. The number of non-ortho nitro benzene ring substituents is 1. The molecule has 1 aliphatic heterocycles. The second-order valence-corrected chi connectivity index (χ2v) is 8.09. The minimum absolute atomic E-state index is 0.0497. The second-order valence-electron chi connectivity index (χ2n) is 5.63. The summed E-state index contributed by atoms with van der Waals surface area (Å²) in [6, 6.07) is 8.02. The summed E-state index contributed by atoms with van der Waals surface area (Å²) in [6.07, 6.45) is 0.647. The molecular formula is C16H14BrN3O4S. The number of amides is 2. The predicted octanol–water partition coefficient (Wildman–Crippen LogP) is 3.08. The van der Waals surface area contributed by atoms with Crippen molar-refractivity contribution in [2.75, 3.05) is 25.0 Å². The third-order valence-corrected chi connectivity index (χ3v) is 5.59. The van der Waals surface area contributed by atoms with E-state index in [1.165, 1.54) is 33.3 Å². The summed E-state index contributed by atoms with van der Waals surface area (Å²) < 4.78 is 0.844. The van der Waals surface area contributed by atoms with Crippen LogP contribution in [0.3, 0.4) is 0 Å². The number of carbonyl (C=O) groups excluding carboxylic acids is 2. The number of nitro groups is 1. The van der Waals surface area contributed by atoms with Crippen molar-refractivity contribution < 1.29 is 14.5 Å². The van der Waals surface area contributed by atoms with Gasteiger partial charge in [-0.25, -0.2) is 0 Å². The molecule has 0 aliphatic carbocycles. The van der Waals surface area contributed by atoms with Crippen LogP contribution in [0.2, 0.25) is 0 Å². The van der Waals surface area contributed by atoms with Gasteiger partial charge in [-0.1, -0.05) is 6.07 Å². The zero-order valence-corrected chi connectivity index (χ0v) is 15.7. The number of anilines is 1. The fraction of sp³-hybridized carbons (Fsp3) is 0.250. The van der Waals surface area contributed by atoms with Gasteiger partial charge in [0, 0.05) is 25.7 Å². The summed E-state index contributed by atoms with van der Waals surface area (Å²) in [5.41, 5.74) is 1.40. The van der Waals surface area contributed by atoms with Crippen molar-refractivity contribution in [3.8, 4) is 0 Å². The molecule has 130 valence electrons. The molecule has 1 aliphatic rings. The number of carbonyl (C=O) groups is 2. The number of hydrogen-bond acceptors (Lipinski definition) is 5. The molecule has 1 aromatic carbocycles. The first-order valence-electron chi connectivity index (χ1n) is 7.45. The van der Waals surface area contributed by atoms with Crippen LogP contribution < -0.4 is 4.90 Å². The average Bonchev–Trinajstić information content (AvgIpc) is 3.19. The maximum Gasteiger partial charge on any atom is 0.271 e. The average molecular weight is 424 g/mol. The summed E-state index contributed by atoms with van der Waals surface area (Å²) in [7, 11) is 1.57. The Morgan fingerprint density at radius 3 is 2.76 bits per heavy atom. The van der Waals surface area contributed by atoms with Crippen molar-refractivity contribution >= 4 is 50.5 Å². The number of nitrogens with zero attached hydrogens (tertiary/aromatic N) is 3. The minimum atomic E-state index is -0.481. The van der Waals surface area contributed by atoms with E-state index in [1.54, 1.807) is 25.2 Å². The van der Waals surface area contributed by atoms with Crippen molar-refractivity contribution in [1.29, 1.82) is 0 Å². The van der Waals surface area contributed by atoms with Gasteiger partial charge in [0.2, 0.25) is 5.91 Å². The van der Waals surface area contributed by atoms with Crippen molar-refractivity contribution in [1.82, 2.24) is 4.90 Å². The number of rotatable bonds is 4. The number of benzene rings is 1. The van der Waals surface area contributed by atoms with E-state index in [2.05, 4.69) is 15.9 Å². The summed E-state index contributed by atoms with van der Waals surface area (Å²) in [4.78, 5) is 38.8. The van der Waals surface area contributed by atoms with E-state index in [-0.39, 0.29) is 24.0 Å². The molecule has 2 aromatic rings. The largest absolute Gasteiger partial charge is 0.332 e. The normalized spacial score (nSPS) is 12.8. The zero-order chi connectivity index (χ0) is 18.1. The fourth-order valence-electron chi connectivity index (χ4n) is 2.72. The third kappa shape index (κ3) is 3.57. The van der Waals surface area contributed by atoms with Crippen molar-refractivity contribution in [2.24, 2.45) is 0 Å². The number of nitro benzene ring substituents is 1. The molecule has 0 N–H and O–H groups in total. The molecule has 9 heteroatoms. The van der Waals surface area contributed by atoms with Crippen molar-refractivity contribution in [3.05, 3.63) is 54.7 Å². The standard InChI is InChI=1S/C16H14BrN3O4S/c1-18(16(22)13-4-5-14(17)25-13)9-15(21)19-7-6-10-2-3-11(20(23)24)8-12(10)19/h2-5,8H,6-7,9H2,1H3. The molecule has 2 heterocycles. The van der Waals surface area contributed by atoms with Crippen LogP contribution in [0.4, 0.5) is 11.4 Å². The molecule has 0 bridgehead atoms. The topological polar surface area (TPSA) is 83.8 Å². The highest BCUT2D eigenvalue weighted by Gasteiger charge is 2.28. The lowest BCUT2D eigenvalue weighted by Crippen LogP contribution is -2.40. The molecule has 0 radical (unpaired) electrons. The molecule has 1 aromatic heterocycles. The van der Waals surface area contributed by atoms with Gasteiger partial charge in [-0.05, 0) is 40.0 Å². The van der Waals surface area contributed by atoms with Crippen LogP contribution >= 0.6 is 27.3 Å². The van der Waals surface area contributed by atoms with E-state index in [0.29, 0.717) is 23.5 Å². The van der Waals surface area contributed by atoms with Crippen LogP contribution in [0.5, 0.6) is 0 Å². The van der Waals surface area contributed by atoms with Gasteiger partial charge in [0.25, 0.3) is 11.6 Å². The van der Waals surface area contributed by atoms with Crippen LogP contribution in [0, 0.1) is 10.1 Å². The van der Waals surface area contributed by atoms with E-state index in [9.17, 15) is 19.7 Å². The Morgan fingerprint density at radius 1 is 1.36 bits per heavy atom. The van der Waals surface area contributed by atoms with Gasteiger partial charge in [-0.2, -0.15) is 0 Å². The summed E-state index contributed by atoms with van der Waals surface area (Å²) in [5, 5.41) is 10.9. The van der Waals surface area contributed by atoms with Crippen LogP contribution in [0.1, 0.15) is 15.2 Å². The third-order valence-electron chi connectivity index (χ3n) is 3.98. The van der Waals surface area contributed by atoms with E-state index >= 15 is 0 Å². The smallest absolute Gasteiger partial charge is 0.271 e. The Labute approximate surface area is 156 Å². The first-order valence-corrected chi connectivity index (χ1v) is 9.06. The molecule has 7 nitrogen and oxygen atoms in total. The molecule has 0 unspecified atom stereocenters. The maximum absolute atomic E-state index is 12.6. The fourth-order valence-corrected chi connectivity index (χ4v) is 4.10. The molecule has 0 spiro atoms. The quantitative estimate of drug-likeness (QED) is 0.558. The second kappa shape index (κ2) is 6.93. The number of hydrogen-bond donors (Lipinski definition) is 0. The van der Waals surface area contributed by atoms with Crippen LogP contribution in [0.25, 0.3) is 0 Å². The SMILES string of the molecule is CN(CC(=O)N1CCc2ccc([N+](=O)[O-])cc21)C(=O)c1ccc(Br)s1. The van der Waals surface area contributed by atoms with Gasteiger partial charge in [0.05, 0.1) is 19.3 Å². The number of halogens is 1. The number of thiophene rings is 1. The highest BCUT2D eigenvalue weighted by atomic mass is 79.9. The highest BCUT2D eigenvalue weighted by molar-refractivity contribution is 9.11. The van der Waals surface area contributed by atoms with Crippen LogP contribution in [-0.2, 0) is 11.2 Å². The Hall–Kier alpha value is -2.26. The summed E-state index contributed by atoms with van der Waals surface area (Å²) >= 11 is 4.61.